The minimum Gasteiger partial charge on any atom is -0.493 e. The van der Waals surface area contributed by atoms with Crippen LogP contribution in [0.1, 0.15) is 27.2 Å². The summed E-state index contributed by atoms with van der Waals surface area (Å²) in [5, 5.41) is 0. The normalized spacial score (nSPS) is 11.6. The van der Waals surface area contributed by atoms with Gasteiger partial charge in [-0.1, -0.05) is 42.5 Å². The molecule has 0 bridgehead atoms. The van der Waals surface area contributed by atoms with E-state index in [4.69, 9.17) is 14.5 Å². The van der Waals surface area contributed by atoms with Gasteiger partial charge in [0, 0.05) is 12.6 Å². The molecule has 3 aromatic carbocycles. The average molecular weight is 466 g/mol. The van der Waals surface area contributed by atoms with E-state index >= 15 is 0 Å². The third kappa shape index (κ3) is 3.77. The maximum atomic E-state index is 13.8. The number of aryl methyl sites for hydroxylation is 3. The molecule has 0 unspecified atom stereocenters. The number of hydrogen-bond donors (Lipinski definition) is 0. The number of methoxy groups -OCH3 is 2. The van der Waals surface area contributed by atoms with E-state index in [-0.39, 0.29) is 5.78 Å². The monoisotopic (exact) mass is 465 g/mol. The lowest BCUT2D eigenvalue weighted by atomic mass is 10.1. The van der Waals surface area contributed by atoms with Crippen molar-refractivity contribution in [3.05, 3.63) is 89.1 Å². The number of hydrogen-bond acceptors (Lipinski definition) is 4. The Kier molecular flexibility index (Phi) is 5.65. The number of carbonyl (C=O) groups is 1. The molecule has 0 aliphatic heterocycles. The topological polar surface area (TPSA) is 57.8 Å². The lowest BCUT2D eigenvalue weighted by Crippen LogP contribution is -2.02. The van der Waals surface area contributed by atoms with E-state index in [2.05, 4.69) is 26.0 Å². The van der Waals surface area contributed by atoms with Crippen molar-refractivity contribution in [1.82, 2.24) is 14.0 Å². The summed E-state index contributed by atoms with van der Waals surface area (Å²) in [5.74, 6) is 1.85. The second kappa shape index (κ2) is 8.80. The average Bonchev–Trinajstić information content (AvgIpc) is 3.39. The van der Waals surface area contributed by atoms with Gasteiger partial charge < -0.3 is 14.0 Å². The zero-order chi connectivity index (χ0) is 24.7. The van der Waals surface area contributed by atoms with E-state index < -0.39 is 0 Å². The largest absolute Gasteiger partial charge is 0.493 e. The predicted octanol–water partition coefficient (Wildman–Crippen LogP) is 6.02. The minimum atomic E-state index is -0.128. The quantitative estimate of drug-likeness (QED) is 0.227. The summed E-state index contributed by atoms with van der Waals surface area (Å²) in [4.78, 5) is 18.7. The standard InChI is InChI=1S/C29H27N3O3/c1-18-15-22-23(16-19(18)2)32-28(27(30-29(32)31(22)3)21-9-7-6-8-10-21)24(33)13-11-20-12-14-25(34-4)26(17-20)35-5/h6-17H,1-5H3/b13-11-. The first-order chi connectivity index (χ1) is 16.9. The lowest BCUT2D eigenvalue weighted by Gasteiger charge is -2.07. The maximum Gasteiger partial charge on any atom is 0.215 e. The van der Waals surface area contributed by atoms with Gasteiger partial charge in [0.25, 0.3) is 0 Å². The van der Waals surface area contributed by atoms with Gasteiger partial charge in [0.1, 0.15) is 11.4 Å². The molecule has 0 atom stereocenters. The zero-order valence-corrected chi connectivity index (χ0v) is 20.5. The maximum absolute atomic E-state index is 13.8. The Bertz CT molecular complexity index is 1610. The van der Waals surface area contributed by atoms with E-state index in [9.17, 15) is 4.79 Å². The minimum absolute atomic E-state index is 0.128. The van der Waals surface area contributed by atoms with E-state index in [1.54, 1.807) is 26.4 Å². The van der Waals surface area contributed by atoms with Crippen LogP contribution in [0.3, 0.4) is 0 Å². The fraction of sp³-hybridized carbons (Fsp3) is 0.172. The van der Waals surface area contributed by atoms with Crippen molar-refractivity contribution in [3.63, 3.8) is 0 Å². The Morgan fingerprint density at radius 2 is 1.57 bits per heavy atom. The van der Waals surface area contributed by atoms with Gasteiger partial charge >= 0.3 is 0 Å². The highest BCUT2D eigenvalue weighted by Gasteiger charge is 2.24. The SMILES string of the molecule is COc1ccc(/C=C\C(=O)c2c(-c3ccccc3)nc3n(C)c4cc(C)c(C)cc4n23)cc1OC. The number of fused-ring (bicyclic) bond motifs is 3. The van der Waals surface area contributed by atoms with Crippen LogP contribution in [0, 0.1) is 13.8 Å². The molecule has 0 fully saturated rings. The first-order valence-corrected chi connectivity index (χ1v) is 11.4. The summed E-state index contributed by atoms with van der Waals surface area (Å²) in [6, 6.07) is 19.7. The molecule has 0 radical (unpaired) electrons. The number of imidazole rings is 2. The van der Waals surface area contributed by atoms with Crippen molar-refractivity contribution < 1.29 is 14.3 Å². The number of ketones is 1. The molecular weight excluding hydrogens is 438 g/mol. The van der Waals surface area contributed by atoms with Crippen LogP contribution in [0.4, 0.5) is 0 Å². The number of carbonyl (C=O) groups excluding carboxylic acids is 1. The Labute approximate surface area is 204 Å². The molecule has 0 saturated heterocycles. The van der Waals surface area contributed by atoms with Gasteiger partial charge in [0.15, 0.2) is 11.5 Å². The summed E-state index contributed by atoms with van der Waals surface area (Å²) in [6.45, 7) is 4.18. The molecule has 0 saturated carbocycles. The highest BCUT2D eigenvalue weighted by Crippen LogP contribution is 2.32. The smallest absolute Gasteiger partial charge is 0.215 e. The molecule has 0 aliphatic carbocycles. The van der Waals surface area contributed by atoms with Gasteiger partial charge in [-0.15, -0.1) is 0 Å². The molecule has 2 heterocycles. The molecule has 0 spiro atoms. The highest BCUT2D eigenvalue weighted by atomic mass is 16.5. The highest BCUT2D eigenvalue weighted by molar-refractivity contribution is 6.11. The molecular formula is C29H27N3O3. The third-order valence-corrected chi connectivity index (χ3v) is 6.47. The van der Waals surface area contributed by atoms with Gasteiger partial charge in [-0.25, -0.2) is 4.98 Å². The molecule has 2 aromatic heterocycles. The number of rotatable bonds is 6. The van der Waals surface area contributed by atoms with Gasteiger partial charge in [-0.3, -0.25) is 9.20 Å². The molecule has 6 nitrogen and oxygen atoms in total. The molecule has 0 amide bonds. The van der Waals surface area contributed by atoms with Crippen LogP contribution < -0.4 is 9.47 Å². The molecule has 5 aromatic rings. The molecule has 6 heteroatoms. The van der Waals surface area contributed by atoms with Gasteiger partial charge in [0.05, 0.1) is 25.3 Å². The van der Waals surface area contributed by atoms with E-state index in [0.29, 0.717) is 22.9 Å². The van der Waals surface area contributed by atoms with Crippen molar-refractivity contribution in [3.8, 4) is 22.8 Å². The fourth-order valence-electron chi connectivity index (χ4n) is 4.43. The van der Waals surface area contributed by atoms with Crippen molar-refractivity contribution in [2.45, 2.75) is 13.8 Å². The Hall–Kier alpha value is -4.32. The summed E-state index contributed by atoms with van der Waals surface area (Å²) >= 11 is 0. The lowest BCUT2D eigenvalue weighted by molar-refractivity contribution is 0.104. The predicted molar refractivity (Wildman–Crippen MR) is 139 cm³/mol. The second-order valence-corrected chi connectivity index (χ2v) is 8.61. The Balaban J connectivity index is 1.70. The Morgan fingerprint density at radius 3 is 2.26 bits per heavy atom. The summed E-state index contributed by atoms with van der Waals surface area (Å²) < 4.78 is 14.7. The van der Waals surface area contributed by atoms with Crippen LogP contribution in [-0.2, 0) is 7.05 Å². The van der Waals surface area contributed by atoms with E-state index in [0.717, 1.165) is 27.9 Å². The van der Waals surface area contributed by atoms with Crippen molar-refractivity contribution in [2.24, 2.45) is 7.05 Å². The summed E-state index contributed by atoms with van der Waals surface area (Å²) in [6.07, 6.45) is 3.38. The van der Waals surface area contributed by atoms with Crippen molar-refractivity contribution in [2.75, 3.05) is 14.2 Å². The first-order valence-electron chi connectivity index (χ1n) is 11.4. The summed E-state index contributed by atoms with van der Waals surface area (Å²) in [5.41, 5.74) is 7.30. The number of benzene rings is 3. The summed E-state index contributed by atoms with van der Waals surface area (Å²) in [7, 11) is 5.18. The van der Waals surface area contributed by atoms with Crippen molar-refractivity contribution in [1.29, 1.82) is 0 Å². The molecule has 0 aliphatic rings. The van der Waals surface area contributed by atoms with E-state index in [1.807, 2.05) is 64.5 Å². The first kappa shape index (κ1) is 22.5. The van der Waals surface area contributed by atoms with Crippen LogP contribution >= 0.6 is 0 Å². The molecule has 35 heavy (non-hydrogen) atoms. The van der Waals surface area contributed by atoms with Gasteiger partial charge in [0.2, 0.25) is 11.6 Å². The van der Waals surface area contributed by atoms with E-state index in [1.165, 1.54) is 11.1 Å². The zero-order valence-electron chi connectivity index (χ0n) is 20.5. The second-order valence-electron chi connectivity index (χ2n) is 8.61. The van der Waals surface area contributed by atoms with Crippen molar-refractivity contribution >= 4 is 28.7 Å². The van der Waals surface area contributed by atoms with Crippen LogP contribution in [-0.4, -0.2) is 34.0 Å². The number of ether oxygens (including phenoxy) is 2. The molecule has 0 N–H and O–H groups in total. The van der Waals surface area contributed by atoms with Gasteiger partial charge in [-0.05, 0) is 60.9 Å². The van der Waals surface area contributed by atoms with Crippen LogP contribution in [0.25, 0.3) is 34.1 Å². The number of aromatic nitrogens is 3. The number of nitrogens with zero attached hydrogens (tertiary/aromatic N) is 3. The van der Waals surface area contributed by atoms with Crippen LogP contribution in [0.5, 0.6) is 11.5 Å². The fourth-order valence-corrected chi connectivity index (χ4v) is 4.43. The van der Waals surface area contributed by atoms with Crippen LogP contribution in [0.2, 0.25) is 0 Å². The molecule has 176 valence electrons. The van der Waals surface area contributed by atoms with Crippen LogP contribution in [0.15, 0.2) is 66.7 Å². The Morgan fingerprint density at radius 1 is 0.886 bits per heavy atom. The number of allylic oxidation sites excluding steroid dienone is 1. The van der Waals surface area contributed by atoms with Gasteiger partial charge in [-0.2, -0.15) is 0 Å². The third-order valence-electron chi connectivity index (χ3n) is 6.47. The molecule has 5 rings (SSSR count).